The summed E-state index contributed by atoms with van der Waals surface area (Å²) < 4.78 is 2.18. The van der Waals surface area contributed by atoms with Crippen molar-refractivity contribution in [1.29, 1.82) is 0 Å². The number of hydrogen-bond donors (Lipinski definition) is 1. The van der Waals surface area contributed by atoms with Crippen LogP contribution < -0.4 is 10.2 Å². The van der Waals surface area contributed by atoms with Gasteiger partial charge in [-0.1, -0.05) is 36.5 Å². The Hall–Kier alpha value is -3.89. The van der Waals surface area contributed by atoms with E-state index in [9.17, 15) is 4.79 Å². The summed E-state index contributed by atoms with van der Waals surface area (Å²) in [6.45, 7) is 7.08. The smallest absolute Gasteiger partial charge is 0.246 e. The fourth-order valence-electron chi connectivity index (χ4n) is 5.73. The van der Waals surface area contributed by atoms with E-state index < -0.39 is 0 Å². The number of likely N-dealkylation sites (tertiary alicyclic amines) is 1. The molecule has 6 rings (SSSR count). The van der Waals surface area contributed by atoms with Crippen molar-refractivity contribution < 1.29 is 4.79 Å². The molecule has 2 aromatic carbocycles. The quantitative estimate of drug-likeness (QED) is 0.290. The molecule has 2 saturated heterocycles. The first-order valence-electron chi connectivity index (χ1n) is 14.2. The number of carbonyl (C=O) groups excluding carboxylic acids is 1. The summed E-state index contributed by atoms with van der Waals surface area (Å²) >= 11 is 1.60. The number of anilines is 3. The fraction of sp³-hybridized carbons (Fsp3) is 0.355. The van der Waals surface area contributed by atoms with E-state index in [0.717, 1.165) is 46.4 Å². The van der Waals surface area contributed by atoms with Crippen LogP contribution >= 0.6 is 11.8 Å². The summed E-state index contributed by atoms with van der Waals surface area (Å²) in [6.07, 6.45) is 6.35. The molecule has 41 heavy (non-hydrogen) atoms. The zero-order valence-electron chi connectivity index (χ0n) is 23.6. The van der Waals surface area contributed by atoms with Gasteiger partial charge in [0.15, 0.2) is 10.8 Å². The number of imidazole rings is 1. The van der Waals surface area contributed by atoms with E-state index >= 15 is 0 Å². The van der Waals surface area contributed by atoms with Gasteiger partial charge in [0.2, 0.25) is 11.9 Å². The summed E-state index contributed by atoms with van der Waals surface area (Å²) in [4.78, 5) is 34.5. The number of aromatic nitrogens is 4. The highest BCUT2D eigenvalue weighted by Crippen LogP contribution is 2.35. The van der Waals surface area contributed by atoms with Gasteiger partial charge in [-0.2, -0.15) is 4.98 Å². The number of piperidine rings is 1. The van der Waals surface area contributed by atoms with Crippen LogP contribution in [0.4, 0.5) is 17.3 Å². The van der Waals surface area contributed by atoms with Gasteiger partial charge in [0.1, 0.15) is 5.52 Å². The lowest BCUT2D eigenvalue weighted by molar-refractivity contribution is -0.125. The topological polar surface area (TPSA) is 82.4 Å². The monoisotopic (exact) mass is 568 g/mol. The molecule has 2 aliphatic heterocycles. The Morgan fingerprint density at radius 1 is 1.02 bits per heavy atom. The zero-order chi connectivity index (χ0) is 28.3. The first kappa shape index (κ1) is 27.3. The van der Waals surface area contributed by atoms with Gasteiger partial charge in [0.05, 0.1) is 12.2 Å². The van der Waals surface area contributed by atoms with E-state index in [2.05, 4.69) is 81.7 Å². The third kappa shape index (κ3) is 5.94. The summed E-state index contributed by atoms with van der Waals surface area (Å²) in [7, 11) is 4.34. The number of nitrogens with zero attached hydrogens (tertiary/aromatic N) is 7. The number of hydrogen-bond acceptors (Lipinski definition) is 8. The van der Waals surface area contributed by atoms with Crippen molar-refractivity contribution in [2.24, 2.45) is 0 Å². The fourth-order valence-corrected chi connectivity index (χ4v) is 6.71. The Labute approximate surface area is 245 Å². The molecule has 0 bridgehead atoms. The van der Waals surface area contributed by atoms with Crippen LogP contribution in [0.1, 0.15) is 25.3 Å². The Morgan fingerprint density at radius 2 is 1.78 bits per heavy atom. The van der Waals surface area contributed by atoms with Crippen LogP contribution in [-0.2, 0) is 4.79 Å². The average molecular weight is 569 g/mol. The van der Waals surface area contributed by atoms with Crippen molar-refractivity contribution in [2.75, 3.05) is 50.5 Å². The summed E-state index contributed by atoms with van der Waals surface area (Å²) in [5.74, 6) is 0.475. The van der Waals surface area contributed by atoms with Crippen molar-refractivity contribution in [2.45, 2.75) is 41.4 Å². The first-order valence-corrected chi connectivity index (χ1v) is 15.0. The third-order valence-electron chi connectivity index (χ3n) is 8.05. The Morgan fingerprint density at radius 3 is 2.49 bits per heavy atom. The molecule has 1 amide bonds. The van der Waals surface area contributed by atoms with Crippen LogP contribution in [0.5, 0.6) is 0 Å². The summed E-state index contributed by atoms with van der Waals surface area (Å²) in [5.41, 5.74) is 3.67. The maximum Gasteiger partial charge on any atom is 0.246 e. The molecule has 2 aromatic heterocycles. The molecule has 2 aliphatic rings. The lowest BCUT2D eigenvalue weighted by atomic mass is 10.0. The van der Waals surface area contributed by atoms with Gasteiger partial charge in [-0.25, -0.2) is 9.97 Å². The SMILES string of the molecule is C=CC(=O)N1CC[C@H](n2c(Sc3ccccc3)nc3cnc(Nc4ccc(N5CCC(N(C)C)CC5)cc4)nc32)C1. The number of benzene rings is 2. The van der Waals surface area contributed by atoms with Crippen LogP contribution in [0, 0.1) is 0 Å². The normalized spacial score (nSPS) is 17.9. The molecule has 0 unspecified atom stereocenters. The van der Waals surface area contributed by atoms with E-state index in [1.165, 1.54) is 24.6 Å². The van der Waals surface area contributed by atoms with E-state index in [-0.39, 0.29) is 11.9 Å². The van der Waals surface area contributed by atoms with Gasteiger partial charge >= 0.3 is 0 Å². The second-order valence-electron chi connectivity index (χ2n) is 10.9. The maximum absolute atomic E-state index is 12.3. The number of carbonyl (C=O) groups is 1. The van der Waals surface area contributed by atoms with Gasteiger partial charge in [0.25, 0.3) is 0 Å². The van der Waals surface area contributed by atoms with Crippen molar-refractivity contribution in [1.82, 2.24) is 29.3 Å². The van der Waals surface area contributed by atoms with Crippen molar-refractivity contribution in [3.8, 4) is 0 Å². The first-order chi connectivity index (χ1) is 20.0. The number of amides is 1. The number of rotatable bonds is 8. The van der Waals surface area contributed by atoms with E-state index in [4.69, 9.17) is 9.97 Å². The lowest BCUT2D eigenvalue weighted by Gasteiger charge is -2.36. The van der Waals surface area contributed by atoms with Crippen LogP contribution in [0.25, 0.3) is 11.2 Å². The Kier molecular flexibility index (Phi) is 7.93. The predicted octanol–water partition coefficient (Wildman–Crippen LogP) is 5.21. The minimum Gasteiger partial charge on any atom is -0.371 e. The minimum atomic E-state index is -0.0447. The van der Waals surface area contributed by atoms with Gasteiger partial charge in [-0.3, -0.25) is 9.36 Å². The standard InChI is InChI=1S/C31H36N8OS/c1-4-28(40)38-19-16-25(21-38)39-29-27(34-31(39)41-26-8-6-5-7-9-26)20-32-30(35-29)33-22-10-12-24(13-11-22)37-17-14-23(15-18-37)36(2)3/h4-13,20,23,25H,1,14-19,21H2,2-3H3,(H,32,33,35)/t25-/m0/s1. The number of nitrogens with one attached hydrogen (secondary N) is 1. The Bertz CT molecular complexity index is 1510. The third-order valence-corrected chi connectivity index (χ3v) is 9.03. The molecule has 0 radical (unpaired) electrons. The highest BCUT2D eigenvalue weighted by Gasteiger charge is 2.30. The minimum absolute atomic E-state index is 0.0447. The molecule has 0 aliphatic carbocycles. The van der Waals surface area contributed by atoms with Crippen LogP contribution in [0.15, 0.2) is 83.5 Å². The van der Waals surface area contributed by atoms with Crippen molar-refractivity contribution in [3.05, 3.63) is 73.4 Å². The molecule has 4 aromatic rings. The largest absolute Gasteiger partial charge is 0.371 e. The van der Waals surface area contributed by atoms with Gasteiger partial charge < -0.3 is 20.0 Å². The van der Waals surface area contributed by atoms with E-state index in [1.54, 1.807) is 18.0 Å². The second kappa shape index (κ2) is 11.9. The van der Waals surface area contributed by atoms with Gasteiger partial charge in [-0.05, 0) is 75.8 Å². The maximum atomic E-state index is 12.3. The van der Waals surface area contributed by atoms with Gasteiger partial charge in [-0.15, -0.1) is 0 Å². The molecule has 10 heteroatoms. The molecule has 4 heterocycles. The highest BCUT2D eigenvalue weighted by atomic mass is 32.2. The van der Waals surface area contributed by atoms with Gasteiger partial charge in [0, 0.05) is 48.5 Å². The summed E-state index contributed by atoms with van der Waals surface area (Å²) in [6, 6.07) is 19.4. The Balaban J connectivity index is 1.24. The molecule has 0 saturated carbocycles. The van der Waals surface area contributed by atoms with Crippen molar-refractivity contribution in [3.63, 3.8) is 0 Å². The molecular formula is C31H36N8OS. The molecule has 2 fully saturated rings. The second-order valence-corrected chi connectivity index (χ2v) is 11.9. The molecule has 0 spiro atoms. The number of fused-ring (bicyclic) bond motifs is 1. The predicted molar refractivity (Wildman–Crippen MR) is 165 cm³/mol. The molecular weight excluding hydrogens is 532 g/mol. The van der Waals surface area contributed by atoms with E-state index in [0.29, 0.717) is 25.1 Å². The molecule has 9 nitrogen and oxygen atoms in total. The average Bonchev–Trinajstić information content (AvgIpc) is 3.62. The highest BCUT2D eigenvalue weighted by molar-refractivity contribution is 7.99. The van der Waals surface area contributed by atoms with Crippen LogP contribution in [0.3, 0.4) is 0 Å². The summed E-state index contributed by atoms with van der Waals surface area (Å²) in [5, 5.41) is 4.23. The van der Waals surface area contributed by atoms with Crippen molar-refractivity contribution >= 4 is 46.2 Å². The molecule has 212 valence electrons. The van der Waals surface area contributed by atoms with E-state index in [1.807, 2.05) is 23.1 Å². The molecule has 1 N–H and O–H groups in total. The lowest BCUT2D eigenvalue weighted by Crippen LogP contribution is -2.41. The van der Waals surface area contributed by atoms with Crippen LogP contribution in [0.2, 0.25) is 0 Å². The zero-order valence-corrected chi connectivity index (χ0v) is 24.4. The molecule has 1 atom stereocenters. The van der Waals surface area contributed by atoms with Crippen LogP contribution in [-0.4, -0.2) is 81.5 Å².